The molecule has 0 unspecified atom stereocenters. The highest BCUT2D eigenvalue weighted by Crippen LogP contribution is 2.36. The van der Waals surface area contributed by atoms with Gasteiger partial charge in [0.15, 0.2) is 4.32 Å². The van der Waals surface area contributed by atoms with Crippen LogP contribution in [0.4, 0.5) is 5.69 Å². The number of benzene rings is 2. The van der Waals surface area contributed by atoms with E-state index in [4.69, 9.17) is 12.2 Å². The summed E-state index contributed by atoms with van der Waals surface area (Å²) in [7, 11) is 0. The Balaban J connectivity index is 1.66. The Labute approximate surface area is 161 Å². The zero-order chi connectivity index (χ0) is 18.1. The predicted octanol–water partition coefficient (Wildman–Crippen LogP) is 5.19. The molecule has 0 saturated carbocycles. The smallest absolute Gasteiger partial charge is 0.270 e. The number of amides is 1. The molecule has 1 saturated heterocycles. The standard InChI is InChI=1S/C21H16N2OS2/c1-15-12-16(14-22(15)17-8-4-2-5-9-17)13-19-20(24)23(21(25)26-19)18-10-6-3-7-11-18/h2-14H,1H3/b19-13+. The summed E-state index contributed by atoms with van der Waals surface area (Å²) in [5.74, 6) is -0.0729. The molecule has 4 rings (SSSR count). The molecule has 0 N–H and O–H groups in total. The average molecular weight is 377 g/mol. The van der Waals surface area contributed by atoms with Crippen molar-refractivity contribution >= 4 is 46.0 Å². The number of anilines is 1. The van der Waals surface area contributed by atoms with Crippen molar-refractivity contribution in [2.24, 2.45) is 0 Å². The van der Waals surface area contributed by atoms with E-state index in [9.17, 15) is 4.79 Å². The summed E-state index contributed by atoms with van der Waals surface area (Å²) in [6.07, 6.45) is 3.95. The molecule has 3 aromatic rings. The average Bonchev–Trinajstić information content (AvgIpc) is 3.16. The molecule has 3 nitrogen and oxygen atoms in total. The van der Waals surface area contributed by atoms with Gasteiger partial charge in [-0.05, 0) is 48.9 Å². The Hall–Kier alpha value is -2.63. The van der Waals surface area contributed by atoms with Crippen molar-refractivity contribution in [2.45, 2.75) is 6.92 Å². The second kappa shape index (κ2) is 6.94. The van der Waals surface area contributed by atoms with Crippen molar-refractivity contribution in [3.05, 3.63) is 89.1 Å². The first-order valence-electron chi connectivity index (χ1n) is 8.21. The molecule has 1 aromatic heterocycles. The molecule has 0 aliphatic carbocycles. The van der Waals surface area contributed by atoms with Gasteiger partial charge >= 0.3 is 0 Å². The number of carbonyl (C=O) groups is 1. The molecule has 1 aliphatic rings. The highest BCUT2D eigenvalue weighted by molar-refractivity contribution is 8.27. The molecule has 2 heterocycles. The highest BCUT2D eigenvalue weighted by Gasteiger charge is 2.33. The van der Waals surface area contributed by atoms with Crippen LogP contribution < -0.4 is 4.90 Å². The van der Waals surface area contributed by atoms with Gasteiger partial charge in [0.25, 0.3) is 5.91 Å². The number of thioether (sulfide) groups is 1. The molecule has 1 aliphatic heterocycles. The quantitative estimate of drug-likeness (QED) is 0.464. The van der Waals surface area contributed by atoms with Gasteiger partial charge in [-0.1, -0.05) is 60.4 Å². The number of para-hydroxylation sites is 2. The predicted molar refractivity (Wildman–Crippen MR) is 113 cm³/mol. The zero-order valence-corrected chi connectivity index (χ0v) is 15.8. The summed E-state index contributed by atoms with van der Waals surface area (Å²) in [5.41, 5.74) is 4.00. The Bertz CT molecular complexity index is 1010. The van der Waals surface area contributed by atoms with Crippen molar-refractivity contribution in [1.29, 1.82) is 0 Å². The number of aromatic nitrogens is 1. The SMILES string of the molecule is Cc1cc(/C=C2/SC(=S)N(c3ccccc3)C2=O)cn1-c1ccccc1. The number of rotatable bonds is 3. The van der Waals surface area contributed by atoms with Gasteiger partial charge in [0, 0.05) is 17.6 Å². The highest BCUT2D eigenvalue weighted by atomic mass is 32.2. The summed E-state index contributed by atoms with van der Waals surface area (Å²) in [6.45, 7) is 2.06. The minimum Gasteiger partial charge on any atom is -0.321 e. The molecule has 2 aromatic carbocycles. The first kappa shape index (κ1) is 16.8. The lowest BCUT2D eigenvalue weighted by Crippen LogP contribution is -2.27. The lowest BCUT2D eigenvalue weighted by Gasteiger charge is -2.13. The first-order chi connectivity index (χ1) is 12.6. The van der Waals surface area contributed by atoms with Crippen molar-refractivity contribution in [3.63, 3.8) is 0 Å². The van der Waals surface area contributed by atoms with E-state index in [1.807, 2.05) is 60.8 Å². The molecular weight excluding hydrogens is 360 g/mol. The van der Waals surface area contributed by atoms with Gasteiger partial charge in [-0.15, -0.1) is 0 Å². The minimum absolute atomic E-state index is 0.0729. The van der Waals surface area contributed by atoms with Crippen LogP contribution in [0.3, 0.4) is 0 Å². The third-order valence-corrected chi connectivity index (χ3v) is 5.48. The second-order valence-electron chi connectivity index (χ2n) is 5.97. The Morgan fingerprint density at radius 3 is 2.23 bits per heavy atom. The van der Waals surface area contributed by atoms with Crippen LogP contribution in [0.5, 0.6) is 0 Å². The molecule has 0 atom stereocenters. The van der Waals surface area contributed by atoms with E-state index < -0.39 is 0 Å². The maximum atomic E-state index is 12.8. The summed E-state index contributed by atoms with van der Waals surface area (Å²) in [5, 5.41) is 0. The lowest BCUT2D eigenvalue weighted by atomic mass is 10.2. The van der Waals surface area contributed by atoms with Crippen molar-refractivity contribution in [3.8, 4) is 5.69 Å². The third kappa shape index (κ3) is 3.11. The van der Waals surface area contributed by atoms with Crippen LogP contribution in [0.2, 0.25) is 0 Å². The number of nitrogens with zero attached hydrogens (tertiary/aromatic N) is 2. The van der Waals surface area contributed by atoms with Gasteiger partial charge in [-0.25, -0.2) is 0 Å². The summed E-state index contributed by atoms with van der Waals surface area (Å²) in [6, 6.07) is 21.7. The van der Waals surface area contributed by atoms with Crippen molar-refractivity contribution < 1.29 is 4.79 Å². The first-order valence-corrected chi connectivity index (χ1v) is 9.43. The van der Waals surface area contributed by atoms with Crippen molar-refractivity contribution in [1.82, 2.24) is 4.57 Å². The van der Waals surface area contributed by atoms with Crippen LogP contribution >= 0.6 is 24.0 Å². The molecular formula is C21H16N2OS2. The fraction of sp³-hybridized carbons (Fsp3) is 0.0476. The number of hydrogen-bond donors (Lipinski definition) is 0. The van der Waals surface area contributed by atoms with Crippen LogP contribution in [0.1, 0.15) is 11.3 Å². The third-order valence-electron chi connectivity index (χ3n) is 4.17. The summed E-state index contributed by atoms with van der Waals surface area (Å²) < 4.78 is 2.68. The number of aryl methyl sites for hydroxylation is 1. The monoisotopic (exact) mass is 376 g/mol. The van der Waals surface area contributed by atoms with Gasteiger partial charge in [0.1, 0.15) is 0 Å². The Kier molecular flexibility index (Phi) is 4.49. The van der Waals surface area contributed by atoms with Crippen LogP contribution in [-0.2, 0) is 4.79 Å². The summed E-state index contributed by atoms with van der Waals surface area (Å²) >= 11 is 6.76. The molecule has 0 radical (unpaired) electrons. The molecule has 0 bridgehead atoms. The van der Waals surface area contributed by atoms with E-state index >= 15 is 0 Å². The van der Waals surface area contributed by atoms with Gasteiger partial charge in [0.05, 0.1) is 10.6 Å². The number of carbonyl (C=O) groups excluding carboxylic acids is 1. The van der Waals surface area contributed by atoms with Crippen LogP contribution in [-0.4, -0.2) is 14.8 Å². The number of hydrogen-bond acceptors (Lipinski definition) is 3. The number of thiocarbonyl (C=S) groups is 1. The maximum absolute atomic E-state index is 12.8. The topological polar surface area (TPSA) is 25.2 Å². The molecule has 26 heavy (non-hydrogen) atoms. The maximum Gasteiger partial charge on any atom is 0.270 e. The second-order valence-corrected chi connectivity index (χ2v) is 7.65. The van der Waals surface area contributed by atoms with E-state index in [0.717, 1.165) is 22.6 Å². The van der Waals surface area contributed by atoms with E-state index in [2.05, 4.69) is 29.7 Å². The minimum atomic E-state index is -0.0729. The fourth-order valence-electron chi connectivity index (χ4n) is 2.96. The van der Waals surface area contributed by atoms with Crippen LogP contribution in [0.25, 0.3) is 11.8 Å². The van der Waals surface area contributed by atoms with Gasteiger partial charge in [-0.2, -0.15) is 0 Å². The van der Waals surface area contributed by atoms with E-state index in [1.54, 1.807) is 4.90 Å². The van der Waals surface area contributed by atoms with E-state index in [1.165, 1.54) is 11.8 Å². The van der Waals surface area contributed by atoms with Crippen LogP contribution in [0.15, 0.2) is 77.8 Å². The lowest BCUT2D eigenvalue weighted by molar-refractivity contribution is -0.113. The molecule has 1 amide bonds. The van der Waals surface area contributed by atoms with Gasteiger partial charge < -0.3 is 4.57 Å². The Morgan fingerprint density at radius 2 is 1.58 bits per heavy atom. The molecule has 128 valence electrons. The van der Waals surface area contributed by atoms with Crippen molar-refractivity contribution in [2.75, 3.05) is 4.90 Å². The fourth-order valence-corrected chi connectivity index (χ4v) is 4.26. The van der Waals surface area contributed by atoms with Crippen LogP contribution in [0, 0.1) is 6.92 Å². The normalized spacial score (nSPS) is 15.9. The molecule has 1 fully saturated rings. The van der Waals surface area contributed by atoms with Gasteiger partial charge in [-0.3, -0.25) is 9.69 Å². The van der Waals surface area contributed by atoms with Gasteiger partial charge in [0.2, 0.25) is 0 Å². The van der Waals surface area contributed by atoms with E-state index in [0.29, 0.717) is 9.23 Å². The van der Waals surface area contributed by atoms with E-state index in [-0.39, 0.29) is 5.91 Å². The Morgan fingerprint density at radius 1 is 0.962 bits per heavy atom. The molecule has 0 spiro atoms. The largest absolute Gasteiger partial charge is 0.321 e. The summed E-state index contributed by atoms with van der Waals surface area (Å²) in [4.78, 5) is 15.1. The zero-order valence-electron chi connectivity index (χ0n) is 14.1. The molecule has 5 heteroatoms.